The summed E-state index contributed by atoms with van der Waals surface area (Å²) >= 11 is 1.38. The Bertz CT molecular complexity index is 285. The molecular formula is C7H10N2O2S. The van der Waals surface area contributed by atoms with Gasteiger partial charge in [-0.25, -0.2) is 4.79 Å². The lowest BCUT2D eigenvalue weighted by molar-refractivity contribution is 0.190. The molecule has 12 heavy (non-hydrogen) atoms. The van der Waals surface area contributed by atoms with Gasteiger partial charge >= 0.3 is 6.09 Å². The molecule has 0 fully saturated rings. The molecule has 4 nitrogen and oxygen atoms in total. The third-order valence-corrected chi connectivity index (χ3v) is 2.14. The van der Waals surface area contributed by atoms with Crippen molar-refractivity contribution in [3.8, 4) is 0 Å². The highest BCUT2D eigenvalue weighted by molar-refractivity contribution is 7.05. The first kappa shape index (κ1) is 8.99. The SMILES string of the molecule is Cc1cc(C(C)NC(=O)O)ns1. The zero-order valence-electron chi connectivity index (χ0n) is 6.87. The van der Waals surface area contributed by atoms with E-state index in [1.807, 2.05) is 13.0 Å². The molecule has 1 atom stereocenters. The van der Waals surface area contributed by atoms with Gasteiger partial charge in [-0.3, -0.25) is 0 Å². The van der Waals surface area contributed by atoms with Crippen LogP contribution >= 0.6 is 11.5 Å². The quantitative estimate of drug-likeness (QED) is 0.740. The Morgan fingerprint density at radius 2 is 2.50 bits per heavy atom. The van der Waals surface area contributed by atoms with Crippen LogP contribution in [0, 0.1) is 6.92 Å². The van der Waals surface area contributed by atoms with E-state index in [4.69, 9.17) is 5.11 Å². The number of nitrogens with one attached hydrogen (secondary N) is 1. The number of carbonyl (C=O) groups is 1. The van der Waals surface area contributed by atoms with E-state index in [1.54, 1.807) is 6.92 Å². The van der Waals surface area contributed by atoms with Crippen LogP contribution in [0.4, 0.5) is 4.79 Å². The number of nitrogens with zero attached hydrogens (tertiary/aromatic N) is 1. The van der Waals surface area contributed by atoms with Crippen molar-refractivity contribution in [3.05, 3.63) is 16.6 Å². The molecule has 1 rings (SSSR count). The summed E-state index contributed by atoms with van der Waals surface area (Å²) in [4.78, 5) is 11.3. The minimum absolute atomic E-state index is 0.229. The van der Waals surface area contributed by atoms with Gasteiger partial charge in [-0.05, 0) is 31.4 Å². The van der Waals surface area contributed by atoms with Crippen molar-refractivity contribution in [1.29, 1.82) is 0 Å². The number of rotatable bonds is 2. The van der Waals surface area contributed by atoms with Gasteiger partial charge in [0.1, 0.15) is 0 Å². The highest BCUT2D eigenvalue weighted by atomic mass is 32.1. The normalized spacial score (nSPS) is 12.5. The largest absolute Gasteiger partial charge is 0.465 e. The maximum Gasteiger partial charge on any atom is 0.405 e. The van der Waals surface area contributed by atoms with Crippen LogP contribution in [0.25, 0.3) is 0 Å². The second-order valence-corrected chi connectivity index (χ2v) is 3.54. The summed E-state index contributed by atoms with van der Waals surface area (Å²) < 4.78 is 4.08. The molecule has 0 aliphatic rings. The van der Waals surface area contributed by atoms with Crippen molar-refractivity contribution in [2.45, 2.75) is 19.9 Å². The van der Waals surface area contributed by atoms with Crippen LogP contribution < -0.4 is 5.32 Å². The number of hydrogen-bond acceptors (Lipinski definition) is 3. The van der Waals surface area contributed by atoms with Crippen LogP contribution in [0.2, 0.25) is 0 Å². The number of aromatic nitrogens is 1. The highest BCUT2D eigenvalue weighted by Crippen LogP contribution is 2.15. The van der Waals surface area contributed by atoms with Crippen molar-refractivity contribution < 1.29 is 9.90 Å². The molecule has 66 valence electrons. The van der Waals surface area contributed by atoms with Gasteiger partial charge < -0.3 is 10.4 Å². The van der Waals surface area contributed by atoms with Gasteiger partial charge in [-0.2, -0.15) is 4.37 Å². The van der Waals surface area contributed by atoms with Gasteiger partial charge in [-0.1, -0.05) is 0 Å². The van der Waals surface area contributed by atoms with Crippen molar-refractivity contribution in [3.63, 3.8) is 0 Å². The Balaban J connectivity index is 2.64. The molecule has 0 aliphatic carbocycles. The Morgan fingerprint density at radius 3 is 2.92 bits per heavy atom. The third-order valence-electron chi connectivity index (χ3n) is 1.43. The van der Waals surface area contributed by atoms with Crippen molar-refractivity contribution >= 4 is 17.6 Å². The Morgan fingerprint density at radius 1 is 1.83 bits per heavy atom. The highest BCUT2D eigenvalue weighted by Gasteiger charge is 2.10. The lowest BCUT2D eigenvalue weighted by Gasteiger charge is -2.06. The van der Waals surface area contributed by atoms with Crippen molar-refractivity contribution in [2.24, 2.45) is 0 Å². The summed E-state index contributed by atoms with van der Waals surface area (Å²) in [7, 11) is 0. The Kier molecular flexibility index (Phi) is 2.65. The summed E-state index contributed by atoms with van der Waals surface area (Å²) in [5.74, 6) is 0. The lowest BCUT2D eigenvalue weighted by atomic mass is 10.2. The zero-order valence-corrected chi connectivity index (χ0v) is 7.68. The zero-order chi connectivity index (χ0) is 9.14. The fraction of sp³-hybridized carbons (Fsp3) is 0.429. The number of hydrogen-bond donors (Lipinski definition) is 2. The molecule has 0 bridgehead atoms. The minimum Gasteiger partial charge on any atom is -0.465 e. The van der Waals surface area contributed by atoms with E-state index < -0.39 is 6.09 Å². The first-order valence-corrected chi connectivity index (χ1v) is 4.29. The molecule has 1 aromatic rings. The van der Waals surface area contributed by atoms with Gasteiger partial charge in [-0.15, -0.1) is 0 Å². The predicted octanol–water partition coefficient (Wildman–Crippen LogP) is 1.78. The average Bonchev–Trinajstić information content (AvgIpc) is 2.34. The minimum atomic E-state index is -1.02. The monoisotopic (exact) mass is 186 g/mol. The van der Waals surface area contributed by atoms with Crippen LogP contribution in [0.5, 0.6) is 0 Å². The Labute approximate surface area is 74.4 Å². The van der Waals surface area contributed by atoms with E-state index in [-0.39, 0.29) is 6.04 Å². The molecule has 0 aliphatic heterocycles. The van der Waals surface area contributed by atoms with E-state index in [2.05, 4.69) is 9.69 Å². The van der Waals surface area contributed by atoms with Crippen LogP contribution in [0.1, 0.15) is 23.5 Å². The van der Waals surface area contributed by atoms with Gasteiger partial charge in [0.25, 0.3) is 0 Å². The number of aryl methyl sites for hydroxylation is 1. The summed E-state index contributed by atoms with van der Waals surface area (Å²) in [6, 6.07) is 1.65. The second-order valence-electron chi connectivity index (χ2n) is 2.53. The molecule has 1 amide bonds. The fourth-order valence-electron chi connectivity index (χ4n) is 0.849. The number of carboxylic acid groups (broad SMARTS) is 1. The van der Waals surface area contributed by atoms with E-state index in [9.17, 15) is 4.79 Å². The maximum absolute atomic E-state index is 10.3. The standard InChI is InChI=1S/C7H10N2O2S/c1-4-3-6(9-12-4)5(2)8-7(10)11/h3,5,8H,1-2H3,(H,10,11). The van der Waals surface area contributed by atoms with Crippen molar-refractivity contribution in [1.82, 2.24) is 9.69 Å². The van der Waals surface area contributed by atoms with Crippen molar-refractivity contribution in [2.75, 3.05) is 0 Å². The van der Waals surface area contributed by atoms with Crippen LogP contribution in [-0.4, -0.2) is 15.6 Å². The van der Waals surface area contributed by atoms with E-state index >= 15 is 0 Å². The third kappa shape index (κ3) is 2.20. The predicted molar refractivity (Wildman–Crippen MR) is 46.4 cm³/mol. The molecule has 0 saturated carbocycles. The molecule has 0 aromatic carbocycles. The summed E-state index contributed by atoms with van der Waals surface area (Å²) in [5, 5.41) is 10.7. The van der Waals surface area contributed by atoms with Crippen LogP contribution in [-0.2, 0) is 0 Å². The molecule has 5 heteroatoms. The molecule has 1 unspecified atom stereocenters. The number of amides is 1. The van der Waals surface area contributed by atoms with Gasteiger partial charge in [0.05, 0.1) is 11.7 Å². The van der Waals surface area contributed by atoms with Crippen LogP contribution in [0.15, 0.2) is 6.07 Å². The first-order valence-electron chi connectivity index (χ1n) is 3.52. The Hall–Kier alpha value is -1.10. The lowest BCUT2D eigenvalue weighted by Crippen LogP contribution is -2.24. The summed E-state index contributed by atoms with van der Waals surface area (Å²) in [6.45, 7) is 3.71. The molecule has 0 radical (unpaired) electrons. The topological polar surface area (TPSA) is 62.2 Å². The summed E-state index contributed by atoms with van der Waals surface area (Å²) in [5.41, 5.74) is 0.778. The molecule has 0 spiro atoms. The molecule has 1 heterocycles. The van der Waals surface area contributed by atoms with E-state index in [1.165, 1.54) is 11.5 Å². The molecular weight excluding hydrogens is 176 g/mol. The summed E-state index contributed by atoms with van der Waals surface area (Å²) in [6.07, 6.45) is -1.02. The van der Waals surface area contributed by atoms with Gasteiger partial charge in [0, 0.05) is 4.88 Å². The molecule has 0 saturated heterocycles. The smallest absolute Gasteiger partial charge is 0.405 e. The maximum atomic E-state index is 10.3. The molecule has 2 N–H and O–H groups in total. The fourth-order valence-corrected chi connectivity index (χ4v) is 1.48. The van der Waals surface area contributed by atoms with Gasteiger partial charge in [0.2, 0.25) is 0 Å². The van der Waals surface area contributed by atoms with E-state index in [0.717, 1.165) is 10.6 Å². The average molecular weight is 186 g/mol. The van der Waals surface area contributed by atoms with E-state index in [0.29, 0.717) is 0 Å². The second kappa shape index (κ2) is 3.53. The first-order chi connectivity index (χ1) is 5.59. The van der Waals surface area contributed by atoms with Gasteiger partial charge in [0.15, 0.2) is 0 Å². The van der Waals surface area contributed by atoms with Crippen LogP contribution in [0.3, 0.4) is 0 Å². The molecule has 1 aromatic heterocycles.